The lowest BCUT2D eigenvalue weighted by Gasteiger charge is -2.31. The molecular weight excluding hydrogens is 202 g/mol. The fourth-order valence-corrected chi connectivity index (χ4v) is 6.74. The predicted molar refractivity (Wildman–Crippen MR) is 70.7 cm³/mol. The minimum atomic E-state index is -1.42. The summed E-state index contributed by atoms with van der Waals surface area (Å²) >= 11 is 0. The molecule has 92 valence electrons. The second kappa shape index (κ2) is 9.37. The molecule has 0 fully saturated rings. The molecule has 0 bridgehead atoms. The molecule has 0 spiro atoms. The molecule has 15 heavy (non-hydrogen) atoms. The van der Waals surface area contributed by atoms with Crippen LogP contribution in [0.5, 0.6) is 0 Å². The molecule has 0 heterocycles. The van der Waals surface area contributed by atoms with Crippen LogP contribution in [-0.2, 0) is 4.43 Å². The zero-order chi connectivity index (χ0) is 11.6. The third-order valence-electron chi connectivity index (χ3n) is 2.86. The highest BCUT2D eigenvalue weighted by Crippen LogP contribution is 2.27. The van der Waals surface area contributed by atoms with Gasteiger partial charge in [-0.05, 0) is 37.5 Å². The number of hydrogen-bond donors (Lipinski definition) is 1. The van der Waals surface area contributed by atoms with Crippen LogP contribution in [0.4, 0.5) is 0 Å². The molecule has 2 N–H and O–H groups in total. The van der Waals surface area contributed by atoms with Crippen LogP contribution in [0, 0.1) is 0 Å². The first kappa shape index (κ1) is 15.1. The van der Waals surface area contributed by atoms with Gasteiger partial charge in [-0.3, -0.25) is 0 Å². The van der Waals surface area contributed by atoms with Crippen LogP contribution in [0.1, 0.15) is 46.5 Å². The topological polar surface area (TPSA) is 35.2 Å². The Morgan fingerprint density at radius 2 is 1.53 bits per heavy atom. The summed E-state index contributed by atoms with van der Waals surface area (Å²) in [5, 5.41) is 0. The van der Waals surface area contributed by atoms with E-state index in [4.69, 9.17) is 10.2 Å². The summed E-state index contributed by atoms with van der Waals surface area (Å²) in [6.45, 7) is 8.51. The van der Waals surface area contributed by atoms with E-state index < -0.39 is 8.32 Å². The Bertz CT molecular complexity index is 126. The van der Waals surface area contributed by atoms with Crippen molar-refractivity contribution in [1.29, 1.82) is 0 Å². The van der Waals surface area contributed by atoms with E-state index in [1.165, 1.54) is 31.0 Å². The maximum atomic E-state index is 6.25. The van der Waals surface area contributed by atoms with Crippen LogP contribution < -0.4 is 5.73 Å². The van der Waals surface area contributed by atoms with Gasteiger partial charge in [-0.25, -0.2) is 0 Å². The normalized spacial score (nSPS) is 12.0. The summed E-state index contributed by atoms with van der Waals surface area (Å²) in [5.74, 6) is 0. The zero-order valence-corrected chi connectivity index (χ0v) is 11.8. The summed E-state index contributed by atoms with van der Waals surface area (Å²) in [6.07, 6.45) is 4.82. The second-order valence-corrected chi connectivity index (χ2v) is 8.58. The van der Waals surface area contributed by atoms with Gasteiger partial charge < -0.3 is 10.2 Å². The molecule has 0 saturated heterocycles. The van der Waals surface area contributed by atoms with Crippen LogP contribution in [-0.4, -0.2) is 21.5 Å². The smallest absolute Gasteiger partial charge is 0.192 e. The van der Waals surface area contributed by atoms with Gasteiger partial charge in [0.1, 0.15) is 0 Å². The predicted octanol–water partition coefficient (Wildman–Crippen LogP) is 3.53. The Kier molecular flexibility index (Phi) is 9.45. The van der Waals surface area contributed by atoms with E-state index in [0.717, 1.165) is 26.0 Å². The lowest BCUT2D eigenvalue weighted by Crippen LogP contribution is -2.38. The Balaban J connectivity index is 4.26. The van der Waals surface area contributed by atoms with Crippen molar-refractivity contribution < 1.29 is 4.43 Å². The number of hydrogen-bond acceptors (Lipinski definition) is 2. The first-order valence-corrected chi connectivity index (χ1v) is 9.11. The average Bonchev–Trinajstić information content (AvgIpc) is 2.24. The van der Waals surface area contributed by atoms with Gasteiger partial charge in [0.2, 0.25) is 0 Å². The largest absolute Gasteiger partial charge is 0.417 e. The highest BCUT2D eigenvalue weighted by molar-refractivity contribution is 6.73. The molecule has 0 unspecified atom stereocenters. The van der Waals surface area contributed by atoms with Crippen molar-refractivity contribution in [3.63, 3.8) is 0 Å². The molecule has 0 aromatic heterocycles. The van der Waals surface area contributed by atoms with E-state index in [0.29, 0.717) is 0 Å². The molecular formula is C12H29NOSi. The average molecular weight is 231 g/mol. The van der Waals surface area contributed by atoms with Gasteiger partial charge in [-0.1, -0.05) is 33.6 Å². The lowest BCUT2D eigenvalue weighted by atomic mass is 10.5. The van der Waals surface area contributed by atoms with Crippen molar-refractivity contribution in [2.24, 2.45) is 5.73 Å². The first-order valence-electron chi connectivity index (χ1n) is 6.58. The molecule has 0 radical (unpaired) electrons. The van der Waals surface area contributed by atoms with Crippen LogP contribution in [0.25, 0.3) is 0 Å². The van der Waals surface area contributed by atoms with Gasteiger partial charge >= 0.3 is 0 Å². The summed E-state index contributed by atoms with van der Waals surface area (Å²) in [5.41, 5.74) is 5.62. The van der Waals surface area contributed by atoms with E-state index in [9.17, 15) is 0 Å². The minimum absolute atomic E-state index is 0.817. The second-order valence-electron chi connectivity index (χ2n) is 4.42. The summed E-state index contributed by atoms with van der Waals surface area (Å²) in [4.78, 5) is 0. The van der Waals surface area contributed by atoms with Crippen molar-refractivity contribution in [2.75, 3.05) is 13.2 Å². The molecule has 0 aliphatic rings. The van der Waals surface area contributed by atoms with Crippen molar-refractivity contribution in [2.45, 2.75) is 64.6 Å². The molecule has 0 aliphatic carbocycles. The molecule has 0 aromatic carbocycles. The maximum Gasteiger partial charge on any atom is 0.192 e. The van der Waals surface area contributed by atoms with Crippen molar-refractivity contribution in [3.05, 3.63) is 0 Å². The van der Waals surface area contributed by atoms with E-state index in [-0.39, 0.29) is 0 Å². The van der Waals surface area contributed by atoms with Crippen LogP contribution in [0.15, 0.2) is 0 Å². The van der Waals surface area contributed by atoms with Crippen LogP contribution >= 0.6 is 0 Å². The molecule has 0 atom stereocenters. The highest BCUT2D eigenvalue weighted by Gasteiger charge is 2.31. The number of nitrogens with two attached hydrogens (primary N) is 1. The molecule has 0 rings (SSSR count). The van der Waals surface area contributed by atoms with E-state index >= 15 is 0 Å². The van der Waals surface area contributed by atoms with Gasteiger partial charge in [0, 0.05) is 6.61 Å². The van der Waals surface area contributed by atoms with E-state index in [2.05, 4.69) is 20.8 Å². The molecule has 2 nitrogen and oxygen atoms in total. The maximum absolute atomic E-state index is 6.25. The monoisotopic (exact) mass is 231 g/mol. The summed E-state index contributed by atoms with van der Waals surface area (Å²) < 4.78 is 6.25. The standard InChI is InChI=1S/C12H29NOSi/c1-4-9-14-15(10-5-2,11-6-3)12-7-8-13/h4-13H2,1-3H3. The van der Waals surface area contributed by atoms with Crippen LogP contribution in [0.3, 0.4) is 0 Å². The molecule has 3 heteroatoms. The zero-order valence-electron chi connectivity index (χ0n) is 10.8. The molecule has 0 saturated carbocycles. The Hall–Kier alpha value is 0.137. The Labute approximate surface area is 96.7 Å². The van der Waals surface area contributed by atoms with Gasteiger partial charge in [0.15, 0.2) is 8.32 Å². The fourth-order valence-electron chi connectivity index (χ4n) is 2.25. The van der Waals surface area contributed by atoms with Crippen molar-refractivity contribution in [1.82, 2.24) is 0 Å². The molecule has 0 aliphatic heterocycles. The van der Waals surface area contributed by atoms with Crippen molar-refractivity contribution in [3.8, 4) is 0 Å². The number of rotatable bonds is 10. The van der Waals surface area contributed by atoms with Gasteiger partial charge in [0.25, 0.3) is 0 Å². The SMILES string of the molecule is CCCO[Si](CCC)(CCC)CCCN. The third-order valence-corrected chi connectivity index (χ3v) is 7.76. The minimum Gasteiger partial charge on any atom is -0.417 e. The lowest BCUT2D eigenvalue weighted by molar-refractivity contribution is 0.295. The summed E-state index contributed by atoms with van der Waals surface area (Å²) in [7, 11) is -1.42. The van der Waals surface area contributed by atoms with Gasteiger partial charge in [-0.15, -0.1) is 0 Å². The van der Waals surface area contributed by atoms with Crippen molar-refractivity contribution >= 4 is 8.32 Å². The van der Waals surface area contributed by atoms with E-state index in [1.807, 2.05) is 0 Å². The first-order chi connectivity index (χ1) is 7.24. The quantitative estimate of drug-likeness (QED) is 0.584. The fraction of sp³-hybridized carbons (Fsp3) is 1.00. The summed E-state index contributed by atoms with van der Waals surface area (Å²) in [6, 6.07) is 3.91. The van der Waals surface area contributed by atoms with Gasteiger partial charge in [-0.2, -0.15) is 0 Å². The highest BCUT2D eigenvalue weighted by atomic mass is 28.4. The Morgan fingerprint density at radius 1 is 0.933 bits per heavy atom. The molecule has 0 amide bonds. The van der Waals surface area contributed by atoms with E-state index in [1.54, 1.807) is 0 Å². The van der Waals surface area contributed by atoms with Gasteiger partial charge in [0.05, 0.1) is 0 Å². The third kappa shape index (κ3) is 6.33. The Morgan fingerprint density at radius 3 is 1.93 bits per heavy atom. The van der Waals surface area contributed by atoms with Crippen LogP contribution in [0.2, 0.25) is 18.1 Å². The molecule has 0 aromatic rings.